The van der Waals surface area contributed by atoms with Crippen molar-refractivity contribution in [3.8, 4) is 0 Å². The van der Waals surface area contributed by atoms with Gasteiger partial charge in [0.1, 0.15) is 0 Å². The van der Waals surface area contributed by atoms with Gasteiger partial charge in [0.25, 0.3) is 0 Å². The van der Waals surface area contributed by atoms with Crippen LogP contribution in [0.1, 0.15) is 43.2 Å². The van der Waals surface area contributed by atoms with Gasteiger partial charge in [-0.15, -0.1) is 11.6 Å². The summed E-state index contributed by atoms with van der Waals surface area (Å²) in [7, 11) is 1.66. The largest absolute Gasteiger partial charge is 0.481 e. The highest BCUT2D eigenvalue weighted by molar-refractivity contribution is 6.21. The summed E-state index contributed by atoms with van der Waals surface area (Å²) in [5, 5.41) is 29.4. The predicted octanol–water partition coefficient (Wildman–Crippen LogP) is 4.10. The van der Waals surface area contributed by atoms with E-state index in [1.165, 1.54) is 0 Å². The number of aliphatic hydroxyl groups excluding tert-OH is 2. The van der Waals surface area contributed by atoms with E-state index in [0.29, 0.717) is 25.9 Å². The SMILES string of the molecule is COCc1cccc(C[C@H](O)/C=C/[C@@H]2[C@@H](C/C=C\CCCC(=O)O)[C@H](Cl)C[C@H]2O)c1. The lowest BCUT2D eigenvalue weighted by atomic mass is 9.90. The van der Waals surface area contributed by atoms with Crippen LogP contribution in [-0.4, -0.2) is 46.0 Å². The average molecular weight is 437 g/mol. The third-order valence-electron chi connectivity index (χ3n) is 5.51. The first-order valence-corrected chi connectivity index (χ1v) is 11.0. The summed E-state index contributed by atoms with van der Waals surface area (Å²) in [4.78, 5) is 10.5. The molecular weight excluding hydrogens is 404 g/mol. The summed E-state index contributed by atoms with van der Waals surface area (Å²) in [6, 6.07) is 7.95. The van der Waals surface area contributed by atoms with Crippen LogP contribution in [0.5, 0.6) is 0 Å². The highest BCUT2D eigenvalue weighted by atomic mass is 35.5. The van der Waals surface area contributed by atoms with Gasteiger partial charge in [-0.05, 0) is 42.7 Å². The lowest BCUT2D eigenvalue weighted by Gasteiger charge is -2.19. The molecule has 0 unspecified atom stereocenters. The van der Waals surface area contributed by atoms with Gasteiger partial charge in [0.2, 0.25) is 0 Å². The van der Waals surface area contributed by atoms with Gasteiger partial charge in [-0.2, -0.15) is 0 Å². The van der Waals surface area contributed by atoms with E-state index in [0.717, 1.165) is 24.0 Å². The van der Waals surface area contributed by atoms with Crippen LogP contribution < -0.4 is 0 Å². The van der Waals surface area contributed by atoms with Crippen molar-refractivity contribution in [2.45, 2.75) is 62.7 Å². The minimum absolute atomic E-state index is 0.0888. The third-order valence-corrected chi connectivity index (χ3v) is 6.01. The Labute approximate surface area is 184 Å². The van der Waals surface area contributed by atoms with Gasteiger partial charge < -0.3 is 20.1 Å². The van der Waals surface area contributed by atoms with Crippen molar-refractivity contribution in [1.82, 2.24) is 0 Å². The van der Waals surface area contributed by atoms with E-state index in [1.54, 1.807) is 13.2 Å². The number of hydrogen-bond acceptors (Lipinski definition) is 4. The number of halogens is 1. The number of unbranched alkanes of at least 4 members (excludes halogenated alkanes) is 1. The molecule has 1 saturated carbocycles. The number of allylic oxidation sites excluding steroid dienone is 2. The van der Waals surface area contributed by atoms with Crippen molar-refractivity contribution in [3.05, 3.63) is 59.7 Å². The maximum atomic E-state index is 10.5. The van der Waals surface area contributed by atoms with Gasteiger partial charge >= 0.3 is 5.97 Å². The molecule has 0 amide bonds. The van der Waals surface area contributed by atoms with Crippen molar-refractivity contribution in [3.63, 3.8) is 0 Å². The number of carboxylic acid groups (broad SMARTS) is 1. The predicted molar refractivity (Wildman–Crippen MR) is 118 cm³/mol. The van der Waals surface area contributed by atoms with E-state index in [4.69, 9.17) is 21.4 Å². The Bertz CT molecular complexity index is 717. The minimum atomic E-state index is -0.780. The monoisotopic (exact) mass is 436 g/mol. The molecule has 1 aromatic rings. The fourth-order valence-electron chi connectivity index (χ4n) is 3.99. The summed E-state index contributed by atoms with van der Waals surface area (Å²) >= 11 is 6.46. The number of rotatable bonds is 12. The van der Waals surface area contributed by atoms with E-state index in [2.05, 4.69) is 0 Å². The molecule has 1 aliphatic rings. The first-order valence-electron chi connectivity index (χ1n) is 10.5. The van der Waals surface area contributed by atoms with Crippen molar-refractivity contribution in [2.75, 3.05) is 7.11 Å². The fourth-order valence-corrected chi connectivity index (χ4v) is 4.44. The van der Waals surface area contributed by atoms with Crippen LogP contribution >= 0.6 is 11.6 Å². The van der Waals surface area contributed by atoms with Gasteiger partial charge in [-0.3, -0.25) is 4.79 Å². The first-order chi connectivity index (χ1) is 14.4. The smallest absolute Gasteiger partial charge is 0.303 e. The fraction of sp³-hybridized carbons (Fsp3) is 0.542. The Morgan fingerprint density at radius 3 is 2.83 bits per heavy atom. The van der Waals surface area contributed by atoms with Crippen LogP contribution in [0, 0.1) is 11.8 Å². The molecule has 0 spiro atoms. The van der Waals surface area contributed by atoms with Crippen LogP contribution in [0.4, 0.5) is 0 Å². The molecule has 1 aromatic carbocycles. The van der Waals surface area contributed by atoms with Crippen molar-refractivity contribution < 1.29 is 24.9 Å². The maximum Gasteiger partial charge on any atom is 0.303 e. The van der Waals surface area contributed by atoms with Crippen molar-refractivity contribution in [2.24, 2.45) is 11.8 Å². The first kappa shape index (κ1) is 24.6. The van der Waals surface area contributed by atoms with Crippen LogP contribution in [0.15, 0.2) is 48.6 Å². The Morgan fingerprint density at radius 2 is 2.10 bits per heavy atom. The number of carbonyl (C=O) groups is 1. The molecule has 0 bridgehead atoms. The zero-order valence-electron chi connectivity index (χ0n) is 17.5. The lowest BCUT2D eigenvalue weighted by Crippen LogP contribution is -2.19. The number of aliphatic carboxylic acids is 1. The van der Waals surface area contributed by atoms with E-state index in [9.17, 15) is 15.0 Å². The summed E-state index contributed by atoms with van der Waals surface area (Å²) in [6.45, 7) is 0.538. The number of benzene rings is 1. The number of ether oxygens (including phenoxy) is 1. The van der Waals surface area contributed by atoms with Gasteiger partial charge in [0, 0.05) is 31.2 Å². The summed E-state index contributed by atoms with van der Waals surface area (Å²) in [5.74, 6) is -0.797. The van der Waals surface area contributed by atoms with Crippen LogP contribution in [0.2, 0.25) is 0 Å². The molecule has 0 heterocycles. The van der Waals surface area contributed by atoms with E-state index in [-0.39, 0.29) is 23.6 Å². The maximum absolute atomic E-state index is 10.5. The molecule has 0 radical (unpaired) electrons. The Morgan fingerprint density at radius 1 is 1.33 bits per heavy atom. The number of hydrogen-bond donors (Lipinski definition) is 3. The van der Waals surface area contributed by atoms with Gasteiger partial charge in [-0.1, -0.05) is 48.6 Å². The standard InChI is InChI=1S/C24H33ClO5/c1-30-16-18-8-6-7-17(13-18)14-19(26)11-12-21-20(22(25)15-23(21)27)9-4-2-3-5-10-24(28)29/h2,4,6-8,11-13,19-23,26-27H,3,5,9-10,14-16H2,1H3,(H,28,29)/b4-2-,12-11+/t19-,20-,21-,22-,23-/m1/s1. The molecular formula is C24H33ClO5. The summed E-state index contributed by atoms with van der Waals surface area (Å²) in [6.07, 6.45) is 9.76. The van der Waals surface area contributed by atoms with E-state index >= 15 is 0 Å². The molecule has 0 aromatic heterocycles. The Balaban J connectivity index is 1.89. The van der Waals surface area contributed by atoms with Crippen molar-refractivity contribution in [1.29, 1.82) is 0 Å². The quantitative estimate of drug-likeness (QED) is 0.261. The summed E-state index contributed by atoms with van der Waals surface area (Å²) < 4.78 is 5.15. The molecule has 2 rings (SSSR count). The van der Waals surface area contributed by atoms with Crippen LogP contribution in [0.25, 0.3) is 0 Å². The zero-order valence-corrected chi connectivity index (χ0v) is 18.2. The minimum Gasteiger partial charge on any atom is -0.481 e. The molecule has 1 fully saturated rings. The second kappa shape index (κ2) is 12.9. The second-order valence-electron chi connectivity index (χ2n) is 7.96. The number of aliphatic hydroxyl groups is 2. The molecule has 0 saturated heterocycles. The number of methoxy groups -OCH3 is 1. The van der Waals surface area contributed by atoms with Gasteiger partial charge in [-0.25, -0.2) is 0 Å². The highest BCUT2D eigenvalue weighted by Crippen LogP contribution is 2.39. The zero-order chi connectivity index (χ0) is 21.9. The average Bonchev–Trinajstić information content (AvgIpc) is 2.95. The molecule has 5 atom stereocenters. The van der Waals surface area contributed by atoms with Crippen LogP contribution in [0.3, 0.4) is 0 Å². The second-order valence-corrected chi connectivity index (χ2v) is 8.52. The van der Waals surface area contributed by atoms with E-state index in [1.807, 2.05) is 42.5 Å². The topological polar surface area (TPSA) is 87.0 Å². The molecule has 30 heavy (non-hydrogen) atoms. The normalized spacial score (nSPS) is 25.3. The molecule has 1 aliphatic carbocycles. The van der Waals surface area contributed by atoms with E-state index < -0.39 is 18.2 Å². The molecule has 166 valence electrons. The molecule has 5 nitrogen and oxygen atoms in total. The Kier molecular flexibility index (Phi) is 10.6. The van der Waals surface area contributed by atoms with Gasteiger partial charge in [0.15, 0.2) is 0 Å². The molecule has 0 aliphatic heterocycles. The molecule has 3 N–H and O–H groups in total. The van der Waals surface area contributed by atoms with Crippen molar-refractivity contribution >= 4 is 17.6 Å². The molecule has 6 heteroatoms. The van der Waals surface area contributed by atoms with Gasteiger partial charge in [0.05, 0.1) is 18.8 Å². The number of alkyl halides is 1. The third kappa shape index (κ3) is 8.23. The summed E-state index contributed by atoms with van der Waals surface area (Å²) in [5.41, 5.74) is 2.10. The Hall–Kier alpha value is -1.66. The number of carboxylic acids is 1. The highest BCUT2D eigenvalue weighted by Gasteiger charge is 2.39. The lowest BCUT2D eigenvalue weighted by molar-refractivity contribution is -0.137. The van der Waals surface area contributed by atoms with Crippen LogP contribution in [-0.2, 0) is 22.6 Å².